The molecule has 3 rings (SSSR count). The number of carbonyl (C=O) groups is 1. The van der Waals surface area contributed by atoms with Gasteiger partial charge in [0, 0.05) is 44.2 Å². The van der Waals surface area contributed by atoms with Crippen LogP contribution in [0.15, 0.2) is 46.2 Å². The SMILES string of the molecule is Cc1ccccc1SCC(=O)N1CCN(c2cnn(C)c(=O)c2)CC1. The van der Waals surface area contributed by atoms with Gasteiger partial charge >= 0.3 is 0 Å². The molecule has 25 heavy (non-hydrogen) atoms. The van der Waals surface area contributed by atoms with Crippen LogP contribution < -0.4 is 10.5 Å². The van der Waals surface area contributed by atoms with E-state index in [0.29, 0.717) is 18.8 Å². The van der Waals surface area contributed by atoms with E-state index in [1.54, 1.807) is 31.1 Å². The Morgan fingerprint density at radius 2 is 1.92 bits per heavy atom. The van der Waals surface area contributed by atoms with E-state index < -0.39 is 0 Å². The third-order valence-electron chi connectivity index (χ3n) is 4.40. The van der Waals surface area contributed by atoms with E-state index >= 15 is 0 Å². The Kier molecular flexibility index (Phi) is 5.43. The largest absolute Gasteiger partial charge is 0.367 e. The molecule has 7 heteroatoms. The van der Waals surface area contributed by atoms with Crippen LogP contribution in [0.2, 0.25) is 0 Å². The summed E-state index contributed by atoms with van der Waals surface area (Å²) in [4.78, 5) is 29.3. The first kappa shape index (κ1) is 17.5. The van der Waals surface area contributed by atoms with Gasteiger partial charge in [-0.25, -0.2) is 4.68 Å². The second-order valence-corrected chi connectivity index (χ2v) is 7.11. The van der Waals surface area contributed by atoms with E-state index in [2.05, 4.69) is 23.0 Å². The first-order chi connectivity index (χ1) is 12.0. The van der Waals surface area contributed by atoms with Crippen LogP contribution in [-0.4, -0.2) is 52.5 Å². The molecule has 2 aromatic rings. The summed E-state index contributed by atoms with van der Waals surface area (Å²) in [6.45, 7) is 4.83. The number of anilines is 1. The van der Waals surface area contributed by atoms with Gasteiger partial charge in [0.1, 0.15) is 0 Å². The van der Waals surface area contributed by atoms with E-state index in [4.69, 9.17) is 0 Å². The number of rotatable bonds is 4. The molecular formula is C18H22N4O2S. The Labute approximate surface area is 151 Å². The van der Waals surface area contributed by atoms with Crippen molar-refractivity contribution in [2.24, 2.45) is 7.05 Å². The molecule has 1 aromatic carbocycles. The first-order valence-corrected chi connectivity index (χ1v) is 9.27. The van der Waals surface area contributed by atoms with E-state index in [-0.39, 0.29) is 11.5 Å². The van der Waals surface area contributed by atoms with Crippen molar-refractivity contribution in [1.82, 2.24) is 14.7 Å². The van der Waals surface area contributed by atoms with E-state index in [1.165, 1.54) is 10.2 Å². The number of piperazine rings is 1. The van der Waals surface area contributed by atoms with Gasteiger partial charge in [-0.2, -0.15) is 5.10 Å². The highest BCUT2D eigenvalue weighted by Gasteiger charge is 2.21. The van der Waals surface area contributed by atoms with Gasteiger partial charge < -0.3 is 9.80 Å². The number of amides is 1. The topological polar surface area (TPSA) is 58.4 Å². The van der Waals surface area contributed by atoms with Crippen LogP contribution in [0.3, 0.4) is 0 Å². The summed E-state index contributed by atoms with van der Waals surface area (Å²) >= 11 is 1.59. The van der Waals surface area contributed by atoms with Crippen molar-refractivity contribution in [2.75, 3.05) is 36.8 Å². The standard InChI is InChI=1S/C18H22N4O2S/c1-14-5-3-4-6-16(14)25-13-18(24)22-9-7-21(8-10-22)15-11-17(23)20(2)19-12-15/h3-6,11-12H,7-10,13H2,1-2H3. The van der Waals surface area contributed by atoms with Crippen molar-refractivity contribution >= 4 is 23.4 Å². The number of aromatic nitrogens is 2. The minimum absolute atomic E-state index is 0.120. The number of benzene rings is 1. The highest BCUT2D eigenvalue weighted by atomic mass is 32.2. The van der Waals surface area contributed by atoms with Crippen LogP contribution in [0.1, 0.15) is 5.56 Å². The van der Waals surface area contributed by atoms with Gasteiger partial charge in [0.15, 0.2) is 0 Å². The number of thioether (sulfide) groups is 1. The lowest BCUT2D eigenvalue weighted by molar-refractivity contribution is -0.128. The fourth-order valence-electron chi connectivity index (χ4n) is 2.80. The van der Waals surface area contributed by atoms with Crippen LogP contribution >= 0.6 is 11.8 Å². The second kappa shape index (κ2) is 7.74. The van der Waals surface area contributed by atoms with Crippen LogP contribution in [0, 0.1) is 6.92 Å². The van der Waals surface area contributed by atoms with Crippen molar-refractivity contribution in [1.29, 1.82) is 0 Å². The molecule has 0 spiro atoms. The molecule has 1 amide bonds. The Hall–Kier alpha value is -2.28. The highest BCUT2D eigenvalue weighted by Crippen LogP contribution is 2.22. The molecule has 0 atom stereocenters. The van der Waals surface area contributed by atoms with Gasteiger partial charge in [0.2, 0.25) is 5.91 Å². The summed E-state index contributed by atoms with van der Waals surface area (Å²) < 4.78 is 1.31. The molecule has 0 radical (unpaired) electrons. The Bertz CT molecular complexity index is 813. The van der Waals surface area contributed by atoms with Crippen LogP contribution in [0.25, 0.3) is 0 Å². The predicted molar refractivity (Wildman–Crippen MR) is 100 cm³/mol. The number of hydrogen-bond acceptors (Lipinski definition) is 5. The van der Waals surface area contributed by atoms with Crippen LogP contribution in [-0.2, 0) is 11.8 Å². The summed E-state index contributed by atoms with van der Waals surface area (Å²) in [7, 11) is 1.63. The van der Waals surface area contributed by atoms with Gasteiger partial charge in [0.25, 0.3) is 5.56 Å². The maximum absolute atomic E-state index is 12.4. The van der Waals surface area contributed by atoms with Gasteiger partial charge in [-0.15, -0.1) is 11.8 Å². The molecule has 6 nitrogen and oxygen atoms in total. The smallest absolute Gasteiger partial charge is 0.268 e. The summed E-state index contributed by atoms with van der Waals surface area (Å²) in [6, 6.07) is 9.71. The maximum Gasteiger partial charge on any atom is 0.268 e. The zero-order valence-electron chi connectivity index (χ0n) is 14.5. The number of hydrogen-bond donors (Lipinski definition) is 0. The fourth-order valence-corrected chi connectivity index (χ4v) is 3.73. The molecule has 0 bridgehead atoms. The summed E-state index contributed by atoms with van der Waals surface area (Å²) in [6.07, 6.45) is 1.70. The normalized spacial score (nSPS) is 14.6. The quantitative estimate of drug-likeness (QED) is 0.776. The zero-order valence-corrected chi connectivity index (χ0v) is 15.3. The molecule has 132 valence electrons. The molecule has 1 fully saturated rings. The van der Waals surface area contributed by atoms with Gasteiger partial charge in [-0.3, -0.25) is 9.59 Å². The Balaban J connectivity index is 1.53. The molecule has 1 aromatic heterocycles. The molecule has 0 aliphatic carbocycles. The molecule has 0 saturated carbocycles. The summed E-state index contributed by atoms with van der Waals surface area (Å²) in [5, 5.41) is 4.06. The predicted octanol–water partition coefficient (Wildman–Crippen LogP) is 1.53. The molecule has 0 unspecified atom stereocenters. The molecule has 2 heterocycles. The van der Waals surface area contributed by atoms with Gasteiger partial charge in [-0.1, -0.05) is 18.2 Å². The number of nitrogens with zero attached hydrogens (tertiary/aromatic N) is 4. The van der Waals surface area contributed by atoms with Crippen molar-refractivity contribution < 1.29 is 4.79 Å². The van der Waals surface area contributed by atoms with Crippen molar-refractivity contribution in [3.63, 3.8) is 0 Å². The summed E-state index contributed by atoms with van der Waals surface area (Å²) in [5.74, 6) is 0.619. The van der Waals surface area contributed by atoms with Crippen LogP contribution in [0.5, 0.6) is 0 Å². The molecule has 0 N–H and O–H groups in total. The van der Waals surface area contributed by atoms with Crippen molar-refractivity contribution in [3.8, 4) is 0 Å². The van der Waals surface area contributed by atoms with E-state index in [1.807, 2.05) is 23.1 Å². The third kappa shape index (κ3) is 4.22. The Morgan fingerprint density at radius 3 is 2.60 bits per heavy atom. The molecular weight excluding hydrogens is 336 g/mol. The average Bonchev–Trinajstić information content (AvgIpc) is 2.63. The fraction of sp³-hybridized carbons (Fsp3) is 0.389. The van der Waals surface area contributed by atoms with E-state index in [9.17, 15) is 9.59 Å². The molecule has 1 aliphatic heterocycles. The molecule has 1 aliphatic rings. The van der Waals surface area contributed by atoms with Crippen molar-refractivity contribution in [3.05, 3.63) is 52.4 Å². The third-order valence-corrected chi connectivity index (χ3v) is 5.56. The monoisotopic (exact) mass is 358 g/mol. The lowest BCUT2D eigenvalue weighted by atomic mass is 10.2. The maximum atomic E-state index is 12.4. The van der Waals surface area contributed by atoms with Gasteiger partial charge in [0.05, 0.1) is 17.6 Å². The summed E-state index contributed by atoms with van der Waals surface area (Å²) in [5.41, 5.74) is 1.90. The average molecular weight is 358 g/mol. The lowest BCUT2D eigenvalue weighted by Gasteiger charge is -2.35. The first-order valence-electron chi connectivity index (χ1n) is 8.29. The minimum atomic E-state index is -0.120. The van der Waals surface area contributed by atoms with Crippen molar-refractivity contribution in [2.45, 2.75) is 11.8 Å². The Morgan fingerprint density at radius 1 is 1.20 bits per heavy atom. The zero-order chi connectivity index (χ0) is 17.8. The minimum Gasteiger partial charge on any atom is -0.367 e. The van der Waals surface area contributed by atoms with E-state index in [0.717, 1.165) is 23.7 Å². The van der Waals surface area contributed by atoms with Crippen LogP contribution in [0.4, 0.5) is 5.69 Å². The number of aryl methyl sites for hydroxylation is 2. The lowest BCUT2D eigenvalue weighted by Crippen LogP contribution is -2.49. The van der Waals surface area contributed by atoms with Gasteiger partial charge in [-0.05, 0) is 18.6 Å². The molecule has 1 saturated heterocycles. The highest BCUT2D eigenvalue weighted by molar-refractivity contribution is 8.00. The second-order valence-electron chi connectivity index (χ2n) is 6.10. The number of carbonyl (C=O) groups excluding carboxylic acids is 1.